The Morgan fingerprint density at radius 1 is 1.40 bits per heavy atom. The Labute approximate surface area is 99.2 Å². The number of nitrogens with one attached hydrogen (secondary N) is 1. The quantitative estimate of drug-likeness (QED) is 0.859. The van der Waals surface area contributed by atoms with E-state index in [1.54, 1.807) is 6.07 Å². The van der Waals surface area contributed by atoms with E-state index in [0.717, 1.165) is 23.0 Å². The number of benzene rings is 1. The Morgan fingerprint density at radius 3 is 2.73 bits per heavy atom. The second kappa shape index (κ2) is 6.23. The molecule has 0 bridgehead atoms. The lowest BCUT2D eigenvalue weighted by Crippen LogP contribution is -2.25. The molecule has 3 heteroatoms. The summed E-state index contributed by atoms with van der Waals surface area (Å²) in [6, 6.07) is 5.46. The summed E-state index contributed by atoms with van der Waals surface area (Å²) in [5, 5.41) is 3.37. The average Bonchev–Trinajstić information content (AvgIpc) is 2.14. The highest BCUT2D eigenvalue weighted by Gasteiger charge is 2.02. The normalized spacial score (nSPS) is 12.8. The first kappa shape index (κ1) is 12.7. The van der Waals surface area contributed by atoms with Gasteiger partial charge in [0, 0.05) is 17.1 Å². The Morgan fingerprint density at radius 2 is 2.13 bits per heavy atom. The molecule has 0 spiro atoms. The molecule has 1 aromatic carbocycles. The fourth-order valence-corrected chi connectivity index (χ4v) is 2.05. The largest absolute Gasteiger partial charge is 0.310 e. The third kappa shape index (κ3) is 4.76. The van der Waals surface area contributed by atoms with Crippen LogP contribution in [0.25, 0.3) is 0 Å². The van der Waals surface area contributed by atoms with Crippen LogP contribution in [0.15, 0.2) is 22.7 Å². The second-order valence-electron chi connectivity index (χ2n) is 3.85. The van der Waals surface area contributed by atoms with Crippen molar-refractivity contribution in [1.82, 2.24) is 5.32 Å². The van der Waals surface area contributed by atoms with Crippen LogP contribution in [-0.4, -0.2) is 6.04 Å². The average molecular weight is 274 g/mol. The molecule has 84 valence electrons. The minimum atomic E-state index is -0.190. The van der Waals surface area contributed by atoms with Crippen molar-refractivity contribution < 1.29 is 4.39 Å². The first-order valence-electron chi connectivity index (χ1n) is 5.30. The molecule has 0 aromatic heterocycles. The number of rotatable bonds is 5. The van der Waals surface area contributed by atoms with E-state index >= 15 is 0 Å². The molecule has 1 nitrogen and oxygen atoms in total. The topological polar surface area (TPSA) is 12.0 Å². The zero-order valence-electron chi connectivity index (χ0n) is 9.19. The fourth-order valence-electron chi connectivity index (χ4n) is 1.54. The maximum absolute atomic E-state index is 13.0. The zero-order valence-corrected chi connectivity index (χ0v) is 10.8. The maximum atomic E-state index is 13.0. The lowest BCUT2D eigenvalue weighted by atomic mass is 10.1. The van der Waals surface area contributed by atoms with E-state index < -0.39 is 0 Å². The van der Waals surface area contributed by atoms with Gasteiger partial charge in [0.25, 0.3) is 0 Å². The van der Waals surface area contributed by atoms with Crippen molar-refractivity contribution in [3.05, 3.63) is 34.1 Å². The molecular formula is C12H17BrFN. The van der Waals surface area contributed by atoms with Crippen molar-refractivity contribution >= 4 is 15.9 Å². The summed E-state index contributed by atoms with van der Waals surface area (Å²) in [5.41, 5.74) is 0.977. The van der Waals surface area contributed by atoms with Crippen LogP contribution in [0.3, 0.4) is 0 Å². The van der Waals surface area contributed by atoms with E-state index in [4.69, 9.17) is 0 Å². The number of hydrogen-bond acceptors (Lipinski definition) is 1. The van der Waals surface area contributed by atoms with E-state index in [1.807, 2.05) is 6.07 Å². The molecule has 0 fully saturated rings. The van der Waals surface area contributed by atoms with Crippen LogP contribution in [0.1, 0.15) is 32.3 Å². The molecule has 0 saturated heterocycles. The maximum Gasteiger partial charge on any atom is 0.124 e. The first-order valence-corrected chi connectivity index (χ1v) is 6.09. The fraction of sp³-hybridized carbons (Fsp3) is 0.500. The summed E-state index contributed by atoms with van der Waals surface area (Å²) < 4.78 is 13.8. The van der Waals surface area contributed by atoms with Gasteiger partial charge >= 0.3 is 0 Å². The SMILES string of the molecule is CCCC(C)NCc1cc(F)cc(Br)c1. The molecule has 15 heavy (non-hydrogen) atoms. The van der Waals surface area contributed by atoms with Crippen LogP contribution in [-0.2, 0) is 6.54 Å². The molecule has 0 aliphatic heterocycles. The van der Waals surface area contributed by atoms with Gasteiger partial charge in [0.15, 0.2) is 0 Å². The van der Waals surface area contributed by atoms with Gasteiger partial charge in [-0.25, -0.2) is 4.39 Å². The molecule has 0 radical (unpaired) electrons. The summed E-state index contributed by atoms with van der Waals surface area (Å²) in [4.78, 5) is 0. The minimum absolute atomic E-state index is 0.190. The molecule has 0 aliphatic rings. The third-order valence-corrected chi connectivity index (χ3v) is 2.76. The van der Waals surface area contributed by atoms with Crippen molar-refractivity contribution in [3.8, 4) is 0 Å². The van der Waals surface area contributed by atoms with Crippen molar-refractivity contribution in [2.24, 2.45) is 0 Å². The zero-order chi connectivity index (χ0) is 11.3. The Bertz CT molecular complexity index is 294. The van der Waals surface area contributed by atoms with E-state index in [1.165, 1.54) is 12.5 Å². The van der Waals surface area contributed by atoms with Crippen molar-refractivity contribution in [3.63, 3.8) is 0 Å². The molecule has 0 heterocycles. The van der Waals surface area contributed by atoms with Crippen molar-refractivity contribution in [2.75, 3.05) is 0 Å². The number of hydrogen-bond donors (Lipinski definition) is 1. The molecule has 1 aromatic rings. The van der Waals surface area contributed by atoms with Gasteiger partial charge in [0.2, 0.25) is 0 Å². The predicted molar refractivity (Wildman–Crippen MR) is 65.3 cm³/mol. The number of halogens is 2. The van der Waals surface area contributed by atoms with Crippen LogP contribution in [0.2, 0.25) is 0 Å². The van der Waals surface area contributed by atoms with Gasteiger partial charge in [-0.15, -0.1) is 0 Å². The van der Waals surface area contributed by atoms with E-state index in [9.17, 15) is 4.39 Å². The van der Waals surface area contributed by atoms with Gasteiger partial charge in [-0.05, 0) is 37.1 Å². The first-order chi connectivity index (χ1) is 7.11. The third-order valence-electron chi connectivity index (χ3n) is 2.30. The summed E-state index contributed by atoms with van der Waals surface area (Å²) in [6.07, 6.45) is 2.32. The van der Waals surface area contributed by atoms with Gasteiger partial charge in [0.05, 0.1) is 0 Å². The summed E-state index contributed by atoms with van der Waals surface area (Å²) in [6.45, 7) is 5.03. The standard InChI is InChI=1S/C12H17BrFN/c1-3-4-9(2)15-8-10-5-11(13)7-12(14)6-10/h5-7,9,15H,3-4,8H2,1-2H3. The smallest absolute Gasteiger partial charge is 0.124 e. The van der Waals surface area contributed by atoms with Crippen molar-refractivity contribution in [2.45, 2.75) is 39.3 Å². The Kier molecular flexibility index (Phi) is 5.26. The predicted octanol–water partition coefficient (Wildman–Crippen LogP) is 3.87. The summed E-state index contributed by atoms with van der Waals surface area (Å²) in [7, 11) is 0. The second-order valence-corrected chi connectivity index (χ2v) is 4.76. The van der Waals surface area contributed by atoms with Crippen LogP contribution >= 0.6 is 15.9 Å². The lowest BCUT2D eigenvalue weighted by Gasteiger charge is -2.12. The van der Waals surface area contributed by atoms with Crippen LogP contribution in [0.4, 0.5) is 4.39 Å². The van der Waals surface area contributed by atoms with Gasteiger partial charge in [0.1, 0.15) is 5.82 Å². The van der Waals surface area contributed by atoms with Gasteiger partial charge < -0.3 is 5.32 Å². The molecule has 1 unspecified atom stereocenters. The summed E-state index contributed by atoms with van der Waals surface area (Å²) in [5.74, 6) is -0.190. The van der Waals surface area contributed by atoms with Crippen LogP contribution in [0, 0.1) is 5.82 Å². The summed E-state index contributed by atoms with van der Waals surface area (Å²) >= 11 is 3.28. The molecule has 1 N–H and O–H groups in total. The highest BCUT2D eigenvalue weighted by molar-refractivity contribution is 9.10. The highest BCUT2D eigenvalue weighted by atomic mass is 79.9. The van der Waals surface area contributed by atoms with E-state index in [0.29, 0.717) is 6.04 Å². The van der Waals surface area contributed by atoms with E-state index in [2.05, 4.69) is 35.1 Å². The Balaban J connectivity index is 2.50. The monoisotopic (exact) mass is 273 g/mol. The van der Waals surface area contributed by atoms with Crippen LogP contribution in [0.5, 0.6) is 0 Å². The van der Waals surface area contributed by atoms with E-state index in [-0.39, 0.29) is 5.82 Å². The molecule has 1 atom stereocenters. The molecular weight excluding hydrogens is 257 g/mol. The van der Waals surface area contributed by atoms with Gasteiger partial charge in [-0.1, -0.05) is 29.3 Å². The van der Waals surface area contributed by atoms with Crippen LogP contribution < -0.4 is 5.32 Å². The molecule has 1 rings (SSSR count). The molecule has 0 aliphatic carbocycles. The van der Waals surface area contributed by atoms with Crippen molar-refractivity contribution in [1.29, 1.82) is 0 Å². The van der Waals surface area contributed by atoms with Gasteiger partial charge in [-0.3, -0.25) is 0 Å². The van der Waals surface area contributed by atoms with Gasteiger partial charge in [-0.2, -0.15) is 0 Å². The lowest BCUT2D eigenvalue weighted by molar-refractivity contribution is 0.507. The Hall–Kier alpha value is -0.410. The molecule has 0 saturated carbocycles. The highest BCUT2D eigenvalue weighted by Crippen LogP contribution is 2.14. The minimum Gasteiger partial charge on any atom is -0.310 e. The molecule has 0 amide bonds.